The van der Waals surface area contributed by atoms with E-state index < -0.39 is 0 Å². The Kier molecular flexibility index (Phi) is 7.56. The zero-order valence-electron chi connectivity index (χ0n) is 22.4. The van der Waals surface area contributed by atoms with E-state index in [4.69, 9.17) is 19.2 Å². The van der Waals surface area contributed by atoms with Crippen LogP contribution in [0.15, 0.2) is 45.7 Å². The molecule has 6 nitrogen and oxygen atoms in total. The topological polar surface area (TPSA) is 73.4 Å². The van der Waals surface area contributed by atoms with Gasteiger partial charge in [0.2, 0.25) is 0 Å². The van der Waals surface area contributed by atoms with Crippen molar-refractivity contribution in [3.63, 3.8) is 0 Å². The number of nitrogens with zero attached hydrogens (tertiary/aromatic N) is 1. The van der Waals surface area contributed by atoms with E-state index in [0.717, 1.165) is 40.8 Å². The number of fused-ring (bicyclic) bond motifs is 3. The summed E-state index contributed by atoms with van der Waals surface area (Å²) in [5.74, 6) is 3.08. The lowest BCUT2D eigenvalue weighted by Crippen LogP contribution is -2.13. The maximum Gasteiger partial charge on any atom is 0.260 e. The monoisotopic (exact) mass is 596 g/mol. The zero-order chi connectivity index (χ0) is 27.0. The molecule has 1 atom stereocenters. The third kappa shape index (κ3) is 5.47. The molecule has 0 fully saturated rings. The molecule has 0 saturated heterocycles. The first-order valence-corrected chi connectivity index (χ1v) is 14.5. The van der Waals surface area contributed by atoms with E-state index in [1.807, 2.05) is 24.3 Å². The number of methoxy groups -OCH3 is 1. The van der Waals surface area contributed by atoms with Crippen molar-refractivity contribution >= 4 is 37.5 Å². The van der Waals surface area contributed by atoms with Crippen LogP contribution in [0.2, 0.25) is 0 Å². The SMILES string of the molecule is COc1cc(-c2nc3sc4c(c3c(=O)[nH]2)CC[C@H](C)C4)cc(Br)c1OCCOc1ccc(C(C)(C)C)cc1. The molecule has 5 rings (SSSR count). The molecule has 1 aliphatic carbocycles. The van der Waals surface area contributed by atoms with Gasteiger partial charge in [0, 0.05) is 10.4 Å². The van der Waals surface area contributed by atoms with Crippen LogP contribution in [-0.4, -0.2) is 30.3 Å². The van der Waals surface area contributed by atoms with E-state index in [2.05, 4.69) is 60.7 Å². The number of ether oxygens (including phenoxy) is 3. The predicted octanol–water partition coefficient (Wildman–Crippen LogP) is 7.30. The number of aromatic nitrogens is 2. The van der Waals surface area contributed by atoms with Crippen molar-refractivity contribution in [1.82, 2.24) is 9.97 Å². The lowest BCUT2D eigenvalue weighted by molar-refractivity contribution is 0.210. The molecular weight excluding hydrogens is 564 g/mol. The Morgan fingerprint density at radius 1 is 1.13 bits per heavy atom. The van der Waals surface area contributed by atoms with Crippen LogP contribution in [-0.2, 0) is 18.3 Å². The minimum atomic E-state index is -0.0832. The Bertz CT molecular complexity index is 1520. The van der Waals surface area contributed by atoms with Gasteiger partial charge in [-0.3, -0.25) is 4.79 Å². The summed E-state index contributed by atoms with van der Waals surface area (Å²) in [6.07, 6.45) is 3.07. The van der Waals surface area contributed by atoms with Crippen LogP contribution in [0.5, 0.6) is 17.2 Å². The van der Waals surface area contributed by atoms with Gasteiger partial charge >= 0.3 is 0 Å². The highest BCUT2D eigenvalue weighted by atomic mass is 79.9. The molecule has 38 heavy (non-hydrogen) atoms. The van der Waals surface area contributed by atoms with Crippen LogP contribution in [0.3, 0.4) is 0 Å². The molecule has 2 aromatic carbocycles. The van der Waals surface area contributed by atoms with Crippen molar-refractivity contribution in [3.8, 4) is 28.6 Å². The minimum Gasteiger partial charge on any atom is -0.493 e. The third-order valence-electron chi connectivity index (χ3n) is 6.99. The second kappa shape index (κ2) is 10.7. The van der Waals surface area contributed by atoms with Crippen molar-refractivity contribution < 1.29 is 14.2 Å². The van der Waals surface area contributed by atoms with Crippen molar-refractivity contribution in [2.75, 3.05) is 20.3 Å². The highest BCUT2D eigenvalue weighted by molar-refractivity contribution is 9.10. The van der Waals surface area contributed by atoms with Crippen LogP contribution < -0.4 is 19.8 Å². The Morgan fingerprint density at radius 3 is 2.58 bits per heavy atom. The number of rotatable bonds is 7. The average Bonchev–Trinajstić information content (AvgIpc) is 3.24. The third-order valence-corrected chi connectivity index (χ3v) is 8.72. The Morgan fingerprint density at radius 2 is 1.87 bits per heavy atom. The van der Waals surface area contributed by atoms with Gasteiger partial charge in [-0.15, -0.1) is 11.3 Å². The first-order valence-electron chi connectivity index (χ1n) is 12.9. The Labute approximate surface area is 235 Å². The molecule has 8 heteroatoms. The molecule has 0 aliphatic heterocycles. The lowest BCUT2D eigenvalue weighted by atomic mass is 9.87. The number of halogens is 1. The molecule has 0 saturated carbocycles. The van der Waals surface area contributed by atoms with Crippen LogP contribution in [0.4, 0.5) is 0 Å². The van der Waals surface area contributed by atoms with Gasteiger partial charge in [-0.1, -0.05) is 39.8 Å². The first kappa shape index (κ1) is 26.8. The Balaban J connectivity index is 1.32. The molecule has 2 heterocycles. The summed E-state index contributed by atoms with van der Waals surface area (Å²) in [5, 5.41) is 0.750. The van der Waals surface area contributed by atoms with E-state index in [1.54, 1.807) is 18.4 Å². The molecule has 200 valence electrons. The highest BCUT2D eigenvalue weighted by Gasteiger charge is 2.24. The molecule has 0 spiro atoms. The molecule has 4 aromatic rings. The minimum absolute atomic E-state index is 0.0832. The summed E-state index contributed by atoms with van der Waals surface area (Å²) in [4.78, 5) is 23.0. The Hall–Kier alpha value is -2.84. The van der Waals surface area contributed by atoms with E-state index in [-0.39, 0.29) is 11.0 Å². The molecular formula is C30H33BrN2O4S. The highest BCUT2D eigenvalue weighted by Crippen LogP contribution is 2.40. The molecule has 0 bridgehead atoms. The fraction of sp³-hybridized carbons (Fsp3) is 0.400. The molecule has 1 N–H and O–H groups in total. The van der Waals surface area contributed by atoms with Crippen molar-refractivity contribution in [2.24, 2.45) is 5.92 Å². The maximum absolute atomic E-state index is 13.1. The largest absolute Gasteiger partial charge is 0.493 e. The van der Waals surface area contributed by atoms with Crippen molar-refractivity contribution in [3.05, 3.63) is 67.2 Å². The summed E-state index contributed by atoms with van der Waals surface area (Å²) in [5.41, 5.74) is 3.21. The van der Waals surface area contributed by atoms with Gasteiger partial charge in [0.15, 0.2) is 11.5 Å². The second-order valence-electron chi connectivity index (χ2n) is 10.9. The van der Waals surface area contributed by atoms with Crippen molar-refractivity contribution in [1.29, 1.82) is 0 Å². The summed E-state index contributed by atoms with van der Waals surface area (Å²) in [6, 6.07) is 11.9. The van der Waals surface area contributed by atoms with E-state index in [9.17, 15) is 4.79 Å². The van der Waals surface area contributed by atoms with E-state index in [0.29, 0.717) is 40.9 Å². The fourth-order valence-electron chi connectivity index (χ4n) is 4.84. The van der Waals surface area contributed by atoms with Crippen molar-refractivity contribution in [2.45, 2.75) is 52.4 Å². The van der Waals surface area contributed by atoms with Crippen LogP contribution in [0, 0.1) is 5.92 Å². The number of thiophene rings is 1. The zero-order valence-corrected chi connectivity index (χ0v) is 24.8. The first-order chi connectivity index (χ1) is 18.1. The average molecular weight is 598 g/mol. The van der Waals surface area contributed by atoms with Gasteiger partial charge in [-0.05, 0) is 81.9 Å². The van der Waals surface area contributed by atoms with Crippen LogP contribution in [0.1, 0.15) is 50.1 Å². The van der Waals surface area contributed by atoms with Gasteiger partial charge < -0.3 is 19.2 Å². The lowest BCUT2D eigenvalue weighted by Gasteiger charge is -2.19. The van der Waals surface area contributed by atoms with Gasteiger partial charge in [0.05, 0.1) is 17.0 Å². The predicted molar refractivity (Wildman–Crippen MR) is 157 cm³/mol. The molecule has 1 aliphatic rings. The number of benzene rings is 2. The molecule has 2 aromatic heterocycles. The quantitative estimate of drug-likeness (QED) is 0.226. The standard InChI is InChI=1S/C30H33BrN2O4S/c1-17-6-11-21-24(14-17)38-29-25(21)28(34)32-27(33-29)18-15-22(31)26(23(16-18)35-5)37-13-12-36-20-9-7-19(8-10-20)30(2,3)4/h7-10,15-17H,6,11-14H2,1-5H3,(H,32,33,34)/t17-/m0/s1. The normalized spacial score (nSPS) is 15.4. The van der Waals surface area contributed by atoms with Gasteiger partial charge in [0.1, 0.15) is 29.6 Å². The van der Waals surface area contributed by atoms with Gasteiger partial charge in [-0.2, -0.15) is 0 Å². The molecule has 0 unspecified atom stereocenters. The smallest absolute Gasteiger partial charge is 0.260 e. The van der Waals surface area contributed by atoms with Crippen LogP contribution >= 0.6 is 27.3 Å². The van der Waals surface area contributed by atoms with Gasteiger partial charge in [-0.25, -0.2) is 4.98 Å². The number of nitrogens with one attached hydrogen (secondary N) is 1. The number of hydrogen-bond donors (Lipinski definition) is 1. The van der Waals surface area contributed by atoms with E-state index >= 15 is 0 Å². The second-order valence-corrected chi connectivity index (χ2v) is 12.8. The summed E-state index contributed by atoms with van der Waals surface area (Å²) >= 11 is 5.26. The van der Waals surface area contributed by atoms with Gasteiger partial charge in [0.25, 0.3) is 5.56 Å². The summed E-state index contributed by atoms with van der Waals surface area (Å²) in [6.45, 7) is 9.56. The molecule has 0 amide bonds. The van der Waals surface area contributed by atoms with Crippen LogP contribution in [0.25, 0.3) is 21.6 Å². The number of aryl methyl sites for hydroxylation is 1. The summed E-state index contributed by atoms with van der Waals surface area (Å²) in [7, 11) is 1.60. The maximum atomic E-state index is 13.1. The molecule has 0 radical (unpaired) electrons. The fourth-order valence-corrected chi connectivity index (χ4v) is 6.78. The number of H-pyrrole nitrogens is 1. The van der Waals surface area contributed by atoms with E-state index in [1.165, 1.54) is 16.0 Å². The number of aromatic amines is 1. The summed E-state index contributed by atoms with van der Waals surface area (Å²) < 4.78 is 18.2. The number of hydrogen-bond acceptors (Lipinski definition) is 6.